The molecule has 1 amide bonds. The monoisotopic (exact) mass is 319 g/mol. The van der Waals surface area contributed by atoms with Gasteiger partial charge in [0.05, 0.1) is 37.2 Å². The fraction of sp³-hybridized carbons (Fsp3) is 0.722. The largest absolute Gasteiger partial charge is 0.468 e. The number of amides is 1. The smallest absolute Gasteiger partial charge is 0.257 e. The summed E-state index contributed by atoms with van der Waals surface area (Å²) < 4.78 is 17.0. The molecular formula is C18H25NO4. The molecule has 2 heterocycles. The predicted octanol–water partition coefficient (Wildman–Crippen LogP) is 2.81. The van der Waals surface area contributed by atoms with Gasteiger partial charge in [0.1, 0.15) is 5.76 Å². The van der Waals surface area contributed by atoms with E-state index in [-0.39, 0.29) is 18.1 Å². The molecule has 3 fully saturated rings. The molecule has 0 aromatic carbocycles. The molecule has 1 aromatic rings. The van der Waals surface area contributed by atoms with Gasteiger partial charge in [0, 0.05) is 25.5 Å². The van der Waals surface area contributed by atoms with Crippen LogP contribution in [0.1, 0.15) is 54.1 Å². The van der Waals surface area contributed by atoms with E-state index < -0.39 is 0 Å². The molecule has 5 nitrogen and oxygen atoms in total. The molecule has 3 aliphatic rings. The van der Waals surface area contributed by atoms with Gasteiger partial charge in [-0.2, -0.15) is 0 Å². The van der Waals surface area contributed by atoms with Crippen molar-refractivity contribution >= 4 is 5.91 Å². The maximum absolute atomic E-state index is 13.1. The number of ether oxygens (including phenoxy) is 2. The molecule has 1 saturated heterocycles. The summed E-state index contributed by atoms with van der Waals surface area (Å²) in [5, 5.41) is 0. The Bertz CT molecular complexity index is 565. The number of morpholine rings is 1. The first kappa shape index (κ1) is 15.2. The van der Waals surface area contributed by atoms with Gasteiger partial charge in [0.2, 0.25) is 0 Å². The van der Waals surface area contributed by atoms with E-state index >= 15 is 0 Å². The minimum absolute atomic E-state index is 0.107. The van der Waals surface area contributed by atoms with Gasteiger partial charge in [-0.3, -0.25) is 4.79 Å². The van der Waals surface area contributed by atoms with Crippen LogP contribution in [0.3, 0.4) is 0 Å². The third-order valence-electron chi connectivity index (χ3n) is 5.60. The Morgan fingerprint density at radius 2 is 2.17 bits per heavy atom. The van der Waals surface area contributed by atoms with Crippen LogP contribution in [0, 0.1) is 5.92 Å². The summed E-state index contributed by atoms with van der Waals surface area (Å²) in [5.74, 6) is 1.81. The molecule has 23 heavy (non-hydrogen) atoms. The second-order valence-electron chi connectivity index (χ2n) is 6.98. The molecule has 0 radical (unpaired) electrons. The molecule has 2 aliphatic carbocycles. The zero-order valence-electron chi connectivity index (χ0n) is 13.7. The van der Waals surface area contributed by atoms with Crippen molar-refractivity contribution in [3.05, 3.63) is 23.7 Å². The number of hydrogen-bond donors (Lipinski definition) is 0. The number of hydrogen-bond acceptors (Lipinski definition) is 4. The fourth-order valence-corrected chi connectivity index (χ4v) is 4.23. The highest BCUT2D eigenvalue weighted by Gasteiger charge is 2.42. The molecule has 4 rings (SSSR count). The van der Waals surface area contributed by atoms with Gasteiger partial charge in [-0.25, -0.2) is 0 Å². The first-order valence-corrected chi connectivity index (χ1v) is 8.78. The molecule has 0 spiro atoms. The average molecular weight is 319 g/mol. The Kier molecular flexibility index (Phi) is 4.16. The highest BCUT2D eigenvalue weighted by Crippen LogP contribution is 2.43. The summed E-state index contributed by atoms with van der Waals surface area (Å²) in [6, 6.07) is 1.95. The van der Waals surface area contributed by atoms with Crippen molar-refractivity contribution in [2.75, 3.05) is 26.9 Å². The quantitative estimate of drug-likeness (QED) is 0.856. The molecular weight excluding hydrogens is 294 g/mol. The lowest BCUT2D eigenvalue weighted by molar-refractivity contribution is -0.0461. The number of nitrogens with zero attached hydrogens (tertiary/aromatic N) is 1. The van der Waals surface area contributed by atoms with Crippen LogP contribution < -0.4 is 0 Å². The lowest BCUT2D eigenvalue weighted by Gasteiger charge is -2.40. The summed E-state index contributed by atoms with van der Waals surface area (Å²) in [7, 11) is 1.78. The summed E-state index contributed by atoms with van der Waals surface area (Å²) in [5.41, 5.74) is 0.756. The lowest BCUT2D eigenvalue weighted by atomic mass is 9.93. The van der Waals surface area contributed by atoms with E-state index in [0.717, 1.165) is 37.0 Å². The van der Waals surface area contributed by atoms with Crippen molar-refractivity contribution in [2.24, 2.45) is 5.92 Å². The Hall–Kier alpha value is -1.33. The van der Waals surface area contributed by atoms with Crippen LogP contribution in [0.25, 0.3) is 0 Å². The summed E-state index contributed by atoms with van der Waals surface area (Å²) in [6.07, 6.45) is 7.52. The van der Waals surface area contributed by atoms with Gasteiger partial charge in [0.15, 0.2) is 0 Å². The highest BCUT2D eigenvalue weighted by molar-refractivity contribution is 5.95. The van der Waals surface area contributed by atoms with Crippen molar-refractivity contribution in [2.45, 2.75) is 50.2 Å². The zero-order valence-corrected chi connectivity index (χ0v) is 13.7. The average Bonchev–Trinajstić information content (AvgIpc) is 3.14. The van der Waals surface area contributed by atoms with Crippen molar-refractivity contribution in [3.8, 4) is 0 Å². The number of furan rings is 1. The molecule has 126 valence electrons. The predicted molar refractivity (Wildman–Crippen MR) is 84.5 cm³/mol. The van der Waals surface area contributed by atoms with Crippen LogP contribution in [-0.2, 0) is 9.47 Å². The lowest BCUT2D eigenvalue weighted by Crippen LogP contribution is -2.53. The van der Waals surface area contributed by atoms with E-state index in [9.17, 15) is 4.79 Å². The van der Waals surface area contributed by atoms with Gasteiger partial charge >= 0.3 is 0 Å². The minimum Gasteiger partial charge on any atom is -0.468 e. The van der Waals surface area contributed by atoms with E-state index in [4.69, 9.17) is 13.9 Å². The van der Waals surface area contributed by atoms with E-state index in [2.05, 4.69) is 0 Å². The van der Waals surface area contributed by atoms with E-state index in [0.29, 0.717) is 31.6 Å². The second kappa shape index (κ2) is 6.29. The van der Waals surface area contributed by atoms with Crippen LogP contribution in [0.15, 0.2) is 16.7 Å². The van der Waals surface area contributed by atoms with E-state index in [1.165, 1.54) is 6.42 Å². The third-order valence-corrected chi connectivity index (χ3v) is 5.60. The number of rotatable bonds is 4. The van der Waals surface area contributed by atoms with Gasteiger partial charge < -0.3 is 18.8 Å². The van der Waals surface area contributed by atoms with Gasteiger partial charge in [-0.15, -0.1) is 0 Å². The van der Waals surface area contributed by atoms with Crippen molar-refractivity contribution in [1.82, 2.24) is 4.90 Å². The molecule has 0 bridgehead atoms. The Labute approximate surface area is 136 Å². The molecule has 1 aromatic heterocycles. The van der Waals surface area contributed by atoms with Crippen LogP contribution in [0.5, 0.6) is 0 Å². The SMILES string of the molecule is CO[C@@H]1CCC[C@H]1[C@H]1COCCN1C(=O)c1ccoc1C1CC1. The second-order valence-corrected chi connectivity index (χ2v) is 6.98. The Balaban J connectivity index is 1.57. The number of carbonyl (C=O) groups excluding carboxylic acids is 1. The number of methoxy groups -OCH3 is 1. The Morgan fingerprint density at radius 3 is 2.96 bits per heavy atom. The normalized spacial score (nSPS) is 31.5. The van der Waals surface area contributed by atoms with Crippen LogP contribution in [0.4, 0.5) is 0 Å². The first-order valence-electron chi connectivity index (χ1n) is 8.78. The maximum Gasteiger partial charge on any atom is 0.257 e. The first-order chi connectivity index (χ1) is 11.3. The van der Waals surface area contributed by atoms with Gasteiger partial charge in [-0.1, -0.05) is 6.42 Å². The highest BCUT2D eigenvalue weighted by atomic mass is 16.5. The number of carbonyl (C=O) groups is 1. The van der Waals surface area contributed by atoms with Crippen LogP contribution in [0.2, 0.25) is 0 Å². The van der Waals surface area contributed by atoms with Crippen molar-refractivity contribution < 1.29 is 18.7 Å². The molecule has 1 aliphatic heterocycles. The molecule has 5 heteroatoms. The van der Waals surface area contributed by atoms with Crippen LogP contribution >= 0.6 is 0 Å². The van der Waals surface area contributed by atoms with E-state index in [1.54, 1.807) is 13.4 Å². The van der Waals surface area contributed by atoms with Crippen molar-refractivity contribution in [3.63, 3.8) is 0 Å². The minimum atomic E-state index is 0.107. The topological polar surface area (TPSA) is 51.9 Å². The summed E-state index contributed by atoms with van der Waals surface area (Å²) >= 11 is 0. The summed E-state index contributed by atoms with van der Waals surface area (Å²) in [6.45, 7) is 1.89. The maximum atomic E-state index is 13.1. The molecule has 0 N–H and O–H groups in total. The standard InChI is InChI=1S/C18H25NO4/c1-21-16-4-2-3-13(16)15-11-22-10-8-19(15)18(20)14-7-9-23-17(14)12-5-6-12/h7,9,12-13,15-16H,2-6,8,10-11H2,1H3/t13-,15+,16+/m0/s1. The Morgan fingerprint density at radius 1 is 1.30 bits per heavy atom. The van der Waals surface area contributed by atoms with Gasteiger partial charge in [-0.05, 0) is 31.7 Å². The fourth-order valence-electron chi connectivity index (χ4n) is 4.23. The van der Waals surface area contributed by atoms with Gasteiger partial charge in [0.25, 0.3) is 5.91 Å². The van der Waals surface area contributed by atoms with Crippen molar-refractivity contribution in [1.29, 1.82) is 0 Å². The molecule has 2 saturated carbocycles. The van der Waals surface area contributed by atoms with E-state index in [1.807, 2.05) is 11.0 Å². The summed E-state index contributed by atoms with van der Waals surface area (Å²) in [4.78, 5) is 15.2. The molecule has 0 unspecified atom stereocenters. The molecule has 3 atom stereocenters. The zero-order chi connectivity index (χ0) is 15.8. The third kappa shape index (κ3) is 2.81. The van der Waals surface area contributed by atoms with Crippen LogP contribution in [-0.4, -0.2) is 49.8 Å².